The van der Waals surface area contributed by atoms with Crippen LogP contribution in [0.25, 0.3) is 77.2 Å². The summed E-state index contributed by atoms with van der Waals surface area (Å²) < 4.78 is 5.01. The van der Waals surface area contributed by atoms with Crippen LogP contribution in [-0.2, 0) is 0 Å². The summed E-state index contributed by atoms with van der Waals surface area (Å²) in [5.74, 6) is 0. The van der Waals surface area contributed by atoms with E-state index in [0.717, 1.165) is 11.4 Å². The van der Waals surface area contributed by atoms with Crippen LogP contribution in [-0.4, -0.2) is 17.2 Å². The molecule has 0 saturated carbocycles. The summed E-state index contributed by atoms with van der Waals surface area (Å²) in [7, 11) is -2.80. The van der Waals surface area contributed by atoms with Crippen LogP contribution in [0.15, 0.2) is 255 Å². The maximum Gasteiger partial charge on any atom is 0.179 e. The number of para-hydroxylation sites is 2. The Morgan fingerprint density at radius 1 is 0.254 bits per heavy atom. The second kappa shape index (κ2) is 15.2. The molecule has 12 aromatic rings. The molecular formula is C60H42N2Si. The topological polar surface area (TPSA) is 9.86 Å². The van der Waals surface area contributed by atoms with Crippen LogP contribution in [0.1, 0.15) is 0 Å². The zero-order chi connectivity index (χ0) is 41.7. The summed E-state index contributed by atoms with van der Waals surface area (Å²) in [5, 5.41) is 10.4. The van der Waals surface area contributed by atoms with Gasteiger partial charge in [-0.05, 0) is 73.8 Å². The first kappa shape index (κ1) is 36.8. The molecule has 0 bridgehead atoms. The minimum absolute atomic E-state index is 1.13. The molecule has 0 spiro atoms. The minimum atomic E-state index is -2.80. The van der Waals surface area contributed by atoms with E-state index in [-0.39, 0.29) is 0 Å². The molecule has 0 atom stereocenters. The van der Waals surface area contributed by atoms with Gasteiger partial charge in [0.15, 0.2) is 8.07 Å². The van der Waals surface area contributed by atoms with Crippen molar-refractivity contribution < 1.29 is 0 Å². The van der Waals surface area contributed by atoms with Crippen molar-refractivity contribution in [3.05, 3.63) is 255 Å². The molecule has 63 heavy (non-hydrogen) atoms. The van der Waals surface area contributed by atoms with E-state index < -0.39 is 8.07 Å². The monoisotopic (exact) mass is 818 g/mol. The van der Waals surface area contributed by atoms with Crippen LogP contribution in [0.5, 0.6) is 0 Å². The van der Waals surface area contributed by atoms with Crippen LogP contribution in [0.4, 0.5) is 0 Å². The first-order chi connectivity index (χ1) is 31.3. The van der Waals surface area contributed by atoms with Crippen LogP contribution in [0, 0.1) is 0 Å². The van der Waals surface area contributed by atoms with Gasteiger partial charge >= 0.3 is 0 Å². The fourth-order valence-corrected chi connectivity index (χ4v) is 15.1. The van der Waals surface area contributed by atoms with Gasteiger partial charge in [-0.15, -0.1) is 0 Å². The van der Waals surface area contributed by atoms with Gasteiger partial charge in [-0.25, -0.2) is 0 Å². The van der Waals surface area contributed by atoms with Crippen molar-refractivity contribution in [1.29, 1.82) is 0 Å². The number of benzene rings is 10. The van der Waals surface area contributed by atoms with E-state index in [2.05, 4.69) is 264 Å². The van der Waals surface area contributed by atoms with Gasteiger partial charge in [-0.2, -0.15) is 0 Å². The average molecular weight is 819 g/mol. The van der Waals surface area contributed by atoms with Crippen LogP contribution < -0.4 is 20.7 Å². The van der Waals surface area contributed by atoms with Crippen molar-refractivity contribution in [2.24, 2.45) is 0 Å². The normalized spacial score (nSPS) is 11.8. The second-order valence-electron chi connectivity index (χ2n) is 16.5. The average Bonchev–Trinajstić information content (AvgIpc) is 3.88. The number of aromatic nitrogens is 2. The highest BCUT2D eigenvalue weighted by atomic mass is 28.3. The fraction of sp³-hybridized carbons (Fsp3) is 0. The molecule has 10 aromatic carbocycles. The molecule has 0 fully saturated rings. The Morgan fingerprint density at radius 2 is 0.698 bits per heavy atom. The lowest BCUT2D eigenvalue weighted by molar-refractivity contribution is 1.16. The minimum Gasteiger partial charge on any atom is -0.309 e. The highest BCUT2D eigenvalue weighted by Crippen LogP contribution is 2.40. The van der Waals surface area contributed by atoms with Crippen LogP contribution in [0.3, 0.4) is 0 Å². The molecule has 2 aromatic heterocycles. The molecule has 0 N–H and O–H groups in total. The van der Waals surface area contributed by atoms with E-state index >= 15 is 0 Å². The Kier molecular flexibility index (Phi) is 8.87. The van der Waals surface area contributed by atoms with Gasteiger partial charge in [0, 0.05) is 32.8 Å². The molecule has 0 radical (unpaired) electrons. The number of rotatable bonds is 8. The lowest BCUT2D eigenvalue weighted by atomic mass is 9.98. The van der Waals surface area contributed by atoms with Gasteiger partial charge in [0.05, 0.1) is 27.8 Å². The molecule has 296 valence electrons. The van der Waals surface area contributed by atoms with Crippen LogP contribution >= 0.6 is 0 Å². The Bertz CT molecular complexity index is 3500. The van der Waals surface area contributed by atoms with Gasteiger partial charge in [0.25, 0.3) is 0 Å². The first-order valence-electron chi connectivity index (χ1n) is 21.8. The standard InChI is InChI=1S/C60H42N2Si/c1-6-20-43(21-7-1)45-34-37-51(44-22-8-2-9-23-44)58(40-45)62-57-33-19-17-31-53(57)54-38-35-46(41-59(54)62)61-56-32-18-16-30-52(56)55-39-36-50(42-60(55)61)63(47-24-10-3-11-25-47,48-26-12-4-13-27-48)49-28-14-5-15-29-49/h1-42H. The Labute approximate surface area is 368 Å². The van der Waals surface area contributed by atoms with E-state index in [1.807, 2.05) is 0 Å². The zero-order valence-electron chi connectivity index (χ0n) is 34.6. The molecule has 0 aliphatic rings. The van der Waals surface area contributed by atoms with Crippen molar-refractivity contribution in [1.82, 2.24) is 9.13 Å². The van der Waals surface area contributed by atoms with E-state index in [0.29, 0.717) is 0 Å². The lowest BCUT2D eigenvalue weighted by Crippen LogP contribution is -2.74. The molecule has 0 unspecified atom stereocenters. The Hall–Kier alpha value is -7.98. The zero-order valence-corrected chi connectivity index (χ0v) is 35.6. The molecular weight excluding hydrogens is 777 g/mol. The summed E-state index contributed by atoms with van der Waals surface area (Å²) >= 11 is 0. The molecule has 2 heterocycles. The smallest absolute Gasteiger partial charge is 0.179 e. The Morgan fingerprint density at radius 3 is 1.27 bits per heavy atom. The molecule has 0 aliphatic carbocycles. The van der Waals surface area contributed by atoms with Crippen molar-refractivity contribution in [2.75, 3.05) is 0 Å². The van der Waals surface area contributed by atoms with Gasteiger partial charge in [0.1, 0.15) is 0 Å². The first-order valence-corrected chi connectivity index (χ1v) is 23.8. The van der Waals surface area contributed by atoms with Crippen molar-refractivity contribution in [3.63, 3.8) is 0 Å². The number of hydrogen-bond acceptors (Lipinski definition) is 0. The highest BCUT2D eigenvalue weighted by molar-refractivity contribution is 7.20. The largest absolute Gasteiger partial charge is 0.309 e. The summed E-state index contributed by atoms with van der Waals surface area (Å²) in [6.45, 7) is 0. The predicted octanol–water partition coefficient (Wildman–Crippen LogP) is 12.6. The fourth-order valence-electron chi connectivity index (χ4n) is 10.3. The highest BCUT2D eigenvalue weighted by Gasteiger charge is 2.41. The third kappa shape index (κ3) is 5.93. The second-order valence-corrected chi connectivity index (χ2v) is 20.3. The SMILES string of the molecule is c1ccc(-c2ccc(-c3ccccc3)c(-n3c4ccccc4c4ccc(-n5c6ccccc6c6ccc([Si](c7ccccc7)(c7ccccc7)c7ccccc7)cc65)cc43)c2)cc1. The summed E-state index contributed by atoms with van der Waals surface area (Å²) in [6, 6.07) is 94.3. The molecule has 12 rings (SSSR count). The molecule has 3 heteroatoms. The summed E-state index contributed by atoms with van der Waals surface area (Å²) in [5.41, 5.74) is 11.8. The number of nitrogens with zero attached hydrogens (tertiary/aromatic N) is 2. The van der Waals surface area contributed by atoms with E-state index in [9.17, 15) is 0 Å². The maximum atomic E-state index is 2.52. The Balaban J connectivity index is 1.16. The van der Waals surface area contributed by atoms with Gasteiger partial charge in [-0.1, -0.05) is 218 Å². The molecule has 2 nitrogen and oxygen atoms in total. The van der Waals surface area contributed by atoms with Crippen LogP contribution in [0.2, 0.25) is 0 Å². The van der Waals surface area contributed by atoms with E-state index in [4.69, 9.17) is 0 Å². The van der Waals surface area contributed by atoms with Gasteiger partial charge in [-0.3, -0.25) is 0 Å². The van der Waals surface area contributed by atoms with Crippen molar-refractivity contribution >= 4 is 72.4 Å². The number of fused-ring (bicyclic) bond motifs is 6. The lowest BCUT2D eigenvalue weighted by Gasteiger charge is -2.34. The summed E-state index contributed by atoms with van der Waals surface area (Å²) in [6.07, 6.45) is 0. The molecule has 0 aliphatic heterocycles. The van der Waals surface area contributed by atoms with Gasteiger partial charge in [0.2, 0.25) is 0 Å². The quantitative estimate of drug-likeness (QED) is 0.107. The summed E-state index contributed by atoms with van der Waals surface area (Å²) in [4.78, 5) is 0. The van der Waals surface area contributed by atoms with Crippen molar-refractivity contribution in [3.8, 4) is 33.6 Å². The molecule has 0 saturated heterocycles. The molecule has 0 amide bonds. The predicted molar refractivity (Wildman–Crippen MR) is 270 cm³/mol. The third-order valence-electron chi connectivity index (χ3n) is 13.1. The van der Waals surface area contributed by atoms with E-state index in [1.165, 1.54) is 86.6 Å². The number of hydrogen-bond donors (Lipinski definition) is 0. The third-order valence-corrected chi connectivity index (χ3v) is 17.8. The van der Waals surface area contributed by atoms with Crippen molar-refractivity contribution in [2.45, 2.75) is 0 Å². The van der Waals surface area contributed by atoms with Gasteiger partial charge < -0.3 is 9.13 Å². The maximum absolute atomic E-state index is 2.80. The van der Waals surface area contributed by atoms with E-state index in [1.54, 1.807) is 0 Å².